The van der Waals surface area contributed by atoms with Crippen molar-refractivity contribution in [3.05, 3.63) is 236 Å². The van der Waals surface area contributed by atoms with Crippen LogP contribution in [0.3, 0.4) is 0 Å². The number of hydrogen-bond donors (Lipinski definition) is 2. The second-order valence-corrected chi connectivity index (χ2v) is 30.1. The van der Waals surface area contributed by atoms with Crippen molar-refractivity contribution >= 4 is 76.6 Å². The molecule has 456 valence electrons. The van der Waals surface area contributed by atoms with Crippen LogP contribution in [0.2, 0.25) is 0 Å². The Bertz CT molecular complexity index is 4380. The molecule has 0 heterocycles. The number of phenols is 2. The number of carbonyl (C=O) groups excluding carboxylic acids is 2. The summed E-state index contributed by atoms with van der Waals surface area (Å²) in [5.74, 6) is 0.541. The van der Waals surface area contributed by atoms with Gasteiger partial charge in [-0.2, -0.15) is 0 Å². The predicted octanol–water partition coefficient (Wildman–Crippen LogP) is 20.6. The van der Waals surface area contributed by atoms with E-state index in [1.165, 1.54) is 75.8 Å². The van der Waals surface area contributed by atoms with Crippen LogP contribution in [-0.4, -0.2) is 22.2 Å². The fraction of sp³-hybridized carbons (Fsp3) is 0.310. The van der Waals surface area contributed by atoms with E-state index in [2.05, 4.69) is 241 Å². The molecule has 0 saturated carbocycles. The molecule has 2 N–H and O–H groups in total. The first kappa shape index (κ1) is 60.2. The monoisotopic (exact) mass is 1190 g/mol. The topological polar surface area (TPSA) is 93.1 Å². The minimum atomic E-state index is -0.336. The number of aromatic hydroxyl groups is 2. The molecule has 0 unspecified atom stereocenters. The van der Waals surface area contributed by atoms with Crippen molar-refractivity contribution in [2.24, 2.45) is 0 Å². The molecule has 0 saturated heterocycles. The van der Waals surface area contributed by atoms with Gasteiger partial charge in [-0.05, 0) is 168 Å². The van der Waals surface area contributed by atoms with E-state index in [1.807, 2.05) is 0 Å². The maximum Gasteiger partial charge on any atom is 0.311 e. The molecule has 13 rings (SSSR count). The minimum absolute atomic E-state index is 0.148. The van der Waals surface area contributed by atoms with Crippen LogP contribution in [0.1, 0.15) is 187 Å². The van der Waals surface area contributed by atoms with Crippen molar-refractivity contribution in [3.8, 4) is 23.0 Å². The highest BCUT2D eigenvalue weighted by molar-refractivity contribution is 6.24. The quantitative estimate of drug-likeness (QED) is 0.0805. The highest BCUT2D eigenvalue weighted by atomic mass is 16.5. The fourth-order valence-corrected chi connectivity index (χ4v) is 14.1. The summed E-state index contributed by atoms with van der Waals surface area (Å²) < 4.78 is 13.6. The van der Waals surface area contributed by atoms with Crippen molar-refractivity contribution in [2.75, 3.05) is 0 Å². The van der Waals surface area contributed by atoms with Gasteiger partial charge < -0.3 is 19.7 Å². The Labute approximate surface area is 530 Å². The smallest absolute Gasteiger partial charge is 0.311 e. The molecule has 0 fully saturated rings. The lowest BCUT2D eigenvalue weighted by Crippen LogP contribution is -2.18. The summed E-state index contributed by atoms with van der Waals surface area (Å²) in [5.41, 5.74) is 11.2. The lowest BCUT2D eigenvalue weighted by Gasteiger charge is -2.28. The van der Waals surface area contributed by atoms with Crippen LogP contribution in [0, 0.1) is 0 Å². The molecular weight excluding hydrogens is 1100 g/mol. The van der Waals surface area contributed by atoms with Gasteiger partial charge in [-0.25, -0.2) is 0 Å². The van der Waals surface area contributed by atoms with Crippen LogP contribution < -0.4 is 9.47 Å². The van der Waals surface area contributed by atoms with Gasteiger partial charge in [-0.3, -0.25) is 9.59 Å². The summed E-state index contributed by atoms with van der Waals surface area (Å²) in [7, 11) is 0. The first-order valence-corrected chi connectivity index (χ1v) is 32.5. The number of carbonyl (C=O) groups is 2. The van der Waals surface area contributed by atoms with E-state index < -0.39 is 0 Å². The van der Waals surface area contributed by atoms with Crippen molar-refractivity contribution in [1.29, 1.82) is 0 Å². The van der Waals surface area contributed by atoms with Gasteiger partial charge in [-0.1, -0.05) is 241 Å². The predicted molar refractivity (Wildman–Crippen MR) is 373 cm³/mol. The fourth-order valence-electron chi connectivity index (χ4n) is 14.1. The lowest BCUT2D eigenvalue weighted by atomic mass is 9.79. The Morgan fingerprint density at radius 1 is 0.344 bits per heavy atom. The van der Waals surface area contributed by atoms with Gasteiger partial charge in [-0.15, -0.1) is 0 Å². The van der Waals surface area contributed by atoms with Crippen molar-refractivity contribution in [3.63, 3.8) is 0 Å². The summed E-state index contributed by atoms with van der Waals surface area (Å²) >= 11 is 0. The third-order valence-electron chi connectivity index (χ3n) is 19.3. The minimum Gasteiger partial charge on any atom is -0.507 e. The summed E-state index contributed by atoms with van der Waals surface area (Å²) in [6.07, 6.45) is 3.96. The Morgan fingerprint density at radius 3 is 0.889 bits per heavy atom. The number of ether oxygens (including phenoxy) is 2. The molecule has 0 aromatic heterocycles. The Hall–Kier alpha value is -8.74. The molecule has 1 aliphatic carbocycles. The van der Waals surface area contributed by atoms with Gasteiger partial charge in [0.05, 0.1) is 0 Å². The third kappa shape index (κ3) is 11.5. The maximum atomic E-state index is 14.8. The number of aryl methyl sites for hydroxylation is 2. The average molecular weight is 1190 g/mol. The van der Waals surface area contributed by atoms with Crippen LogP contribution in [0.15, 0.2) is 158 Å². The molecule has 90 heavy (non-hydrogen) atoms. The molecule has 1 aliphatic rings. The van der Waals surface area contributed by atoms with Gasteiger partial charge in [0.15, 0.2) is 0 Å². The molecule has 12 aromatic rings. The number of phenolic OH excluding ortho intramolecular Hbond substituents is 2. The number of fused-ring (bicyclic) bond motifs is 8. The first-order chi connectivity index (χ1) is 42.7. The van der Waals surface area contributed by atoms with Crippen molar-refractivity contribution in [1.82, 2.24) is 0 Å². The molecular formula is C84H84O6. The van der Waals surface area contributed by atoms with Gasteiger partial charge in [0.1, 0.15) is 23.0 Å². The van der Waals surface area contributed by atoms with Crippen molar-refractivity contribution in [2.45, 2.75) is 169 Å². The normalized spacial score (nSPS) is 13.4. The van der Waals surface area contributed by atoms with E-state index in [1.54, 1.807) is 0 Å². The SMILES string of the molecule is CC(C)(C)c1cc2c(O)c(c1)Cc1cc(C(C)(C)C)cc(c1OC(=O)CCCc1ccc3ccc4cccc5ccc1c3c45)Cc1cc(C(C)(C)C)cc(c1O)Cc1cc(C(C)(C)C)cc(c1OC(=O)CCCc1ccc3ccc4cccc5ccc1c3c45)C2. The second kappa shape index (κ2) is 22.6. The van der Waals surface area contributed by atoms with E-state index in [-0.39, 0.29) is 83.6 Å². The van der Waals surface area contributed by atoms with Crippen LogP contribution >= 0.6 is 0 Å². The van der Waals surface area contributed by atoms with E-state index in [9.17, 15) is 19.8 Å². The van der Waals surface area contributed by atoms with Gasteiger partial charge in [0, 0.05) is 60.8 Å². The zero-order valence-electron chi connectivity index (χ0n) is 54.6. The molecule has 6 heteroatoms. The van der Waals surface area contributed by atoms with Gasteiger partial charge in [0.2, 0.25) is 0 Å². The van der Waals surface area contributed by atoms with E-state index in [0.717, 1.165) is 44.5 Å². The van der Waals surface area contributed by atoms with Crippen LogP contribution in [0.25, 0.3) is 64.6 Å². The summed E-state index contributed by atoms with van der Waals surface area (Å²) in [6, 6.07) is 56.5. The van der Waals surface area contributed by atoms with E-state index in [0.29, 0.717) is 59.4 Å². The molecule has 6 nitrogen and oxygen atoms in total. The summed E-state index contributed by atoms with van der Waals surface area (Å²) in [5, 5.41) is 40.8. The van der Waals surface area contributed by atoms with Gasteiger partial charge >= 0.3 is 11.9 Å². The zero-order valence-corrected chi connectivity index (χ0v) is 54.6. The highest BCUT2D eigenvalue weighted by Crippen LogP contribution is 2.46. The highest BCUT2D eigenvalue weighted by Gasteiger charge is 2.30. The van der Waals surface area contributed by atoms with Crippen molar-refractivity contribution < 1.29 is 29.3 Å². The largest absolute Gasteiger partial charge is 0.507 e. The molecule has 0 amide bonds. The molecule has 8 bridgehead atoms. The Morgan fingerprint density at radius 2 is 0.600 bits per heavy atom. The van der Waals surface area contributed by atoms with Gasteiger partial charge in [0.25, 0.3) is 0 Å². The van der Waals surface area contributed by atoms with E-state index >= 15 is 0 Å². The van der Waals surface area contributed by atoms with Crippen LogP contribution in [0.4, 0.5) is 0 Å². The lowest BCUT2D eigenvalue weighted by molar-refractivity contribution is -0.135. The Balaban J connectivity index is 0.897. The number of hydrogen-bond acceptors (Lipinski definition) is 6. The number of benzene rings is 12. The summed E-state index contributed by atoms with van der Waals surface area (Å²) in [4.78, 5) is 29.5. The summed E-state index contributed by atoms with van der Waals surface area (Å²) in [6.45, 7) is 26.3. The van der Waals surface area contributed by atoms with Crippen LogP contribution in [-0.2, 0) is 69.8 Å². The third-order valence-corrected chi connectivity index (χ3v) is 19.3. The molecule has 0 radical (unpaired) electrons. The number of rotatable bonds is 10. The number of esters is 2. The van der Waals surface area contributed by atoms with Crippen LogP contribution in [0.5, 0.6) is 23.0 Å². The first-order valence-electron chi connectivity index (χ1n) is 32.5. The zero-order chi connectivity index (χ0) is 63.3. The maximum absolute atomic E-state index is 14.8. The average Bonchev–Trinajstić information content (AvgIpc) is 1.28. The van der Waals surface area contributed by atoms with E-state index in [4.69, 9.17) is 9.47 Å². The Kier molecular flexibility index (Phi) is 15.1. The second-order valence-electron chi connectivity index (χ2n) is 30.1. The molecule has 0 spiro atoms. The standard InChI is InChI=1S/C84H84O6/c1-81(2,3)65-41-57-37-61-45-67(83(7,8)9)47-63(79(61)89-71(85)23-15-17-49-25-27-55-31-29-51-19-13-21-53-33-35-69(49)75(55)73(51)53)39-59-43-66(82(4,5)6)44-60(78(59)88)40-64-48-68(84(10,11)12)46-62(38-58(42-65)77(57)87)80(64)90-72(86)24-16-18-50-26-28-56-32-30-52-20-14-22-54-34-36-70(50)76(56)74(52)54/h13-14,19-22,25-36,41-48,87-88H,15-18,23-24,37-40H2,1-12H3. The molecule has 0 atom stereocenters. The molecule has 0 aliphatic heterocycles. The molecule has 12 aromatic carbocycles.